The topological polar surface area (TPSA) is 76.1 Å². The van der Waals surface area contributed by atoms with Crippen LogP contribution in [0.3, 0.4) is 0 Å². The van der Waals surface area contributed by atoms with Crippen LogP contribution in [-0.2, 0) is 15.6 Å². The minimum absolute atomic E-state index is 0.173. The average Bonchev–Trinajstić information content (AvgIpc) is 3.23. The zero-order chi connectivity index (χ0) is 21.0. The Balaban J connectivity index is 1.49. The summed E-state index contributed by atoms with van der Waals surface area (Å²) in [6.07, 6.45) is 0. The number of thiazole rings is 1. The van der Waals surface area contributed by atoms with E-state index in [1.165, 1.54) is 11.3 Å². The number of hydrogen-bond acceptors (Lipinski definition) is 5. The van der Waals surface area contributed by atoms with Gasteiger partial charge in [-0.2, -0.15) is 0 Å². The third-order valence-corrected chi connectivity index (χ3v) is 6.90. The summed E-state index contributed by atoms with van der Waals surface area (Å²) in [4.78, 5) is 17.4. The van der Waals surface area contributed by atoms with Gasteiger partial charge < -0.3 is 0 Å². The summed E-state index contributed by atoms with van der Waals surface area (Å²) < 4.78 is 25.2. The number of anilines is 1. The normalized spacial score (nSPS) is 11.2. The van der Waals surface area contributed by atoms with Crippen LogP contribution < -0.4 is 5.32 Å². The van der Waals surface area contributed by atoms with E-state index in [0.717, 1.165) is 11.3 Å². The van der Waals surface area contributed by atoms with E-state index in [2.05, 4.69) is 10.3 Å². The van der Waals surface area contributed by atoms with E-state index < -0.39 is 9.84 Å². The van der Waals surface area contributed by atoms with Crippen LogP contribution in [0, 0.1) is 0 Å². The van der Waals surface area contributed by atoms with Crippen molar-refractivity contribution in [3.8, 4) is 11.3 Å². The lowest BCUT2D eigenvalue weighted by Crippen LogP contribution is -2.12. The number of rotatable bonds is 6. The Morgan fingerprint density at radius 2 is 1.60 bits per heavy atom. The number of benzene rings is 3. The fraction of sp³-hybridized carbons (Fsp3) is 0.0435. The zero-order valence-electron chi connectivity index (χ0n) is 15.9. The fourth-order valence-corrected chi connectivity index (χ4v) is 5.05. The van der Waals surface area contributed by atoms with E-state index in [1.807, 2.05) is 35.7 Å². The Morgan fingerprint density at radius 1 is 0.900 bits per heavy atom. The molecule has 1 heterocycles. The Kier molecular flexibility index (Phi) is 5.74. The van der Waals surface area contributed by atoms with Gasteiger partial charge in [0.2, 0.25) is 0 Å². The molecular formula is C23H18N2O3S2. The molecule has 4 rings (SSSR count). The number of hydrogen-bond donors (Lipinski definition) is 1. The van der Waals surface area contributed by atoms with Gasteiger partial charge in [0.05, 0.1) is 16.3 Å². The first kappa shape index (κ1) is 20.0. The van der Waals surface area contributed by atoms with Gasteiger partial charge in [0.1, 0.15) is 0 Å². The summed E-state index contributed by atoms with van der Waals surface area (Å²) in [6, 6.07) is 24.6. The Morgan fingerprint density at radius 3 is 2.33 bits per heavy atom. The SMILES string of the molecule is O=C(Nc1nc(-c2ccccc2)cs1)c1cccc(CS(=O)(=O)c2ccccc2)c1. The van der Waals surface area contributed by atoms with Crippen LogP contribution >= 0.6 is 11.3 Å². The van der Waals surface area contributed by atoms with Crippen molar-refractivity contribution in [1.29, 1.82) is 0 Å². The monoisotopic (exact) mass is 434 g/mol. The standard InChI is InChI=1S/C23H18N2O3S2/c26-22(25-23-24-21(15-29-23)18-9-3-1-4-10-18)19-11-7-8-17(14-19)16-30(27,28)20-12-5-2-6-13-20/h1-15H,16H2,(H,24,25,26). The molecular weight excluding hydrogens is 416 g/mol. The van der Waals surface area contributed by atoms with Crippen LogP contribution in [-0.4, -0.2) is 19.3 Å². The molecule has 0 saturated carbocycles. The van der Waals surface area contributed by atoms with Gasteiger partial charge in [-0.25, -0.2) is 13.4 Å². The number of carbonyl (C=O) groups excluding carboxylic acids is 1. The van der Waals surface area contributed by atoms with E-state index in [-0.39, 0.29) is 16.6 Å². The highest BCUT2D eigenvalue weighted by Gasteiger charge is 2.16. The molecule has 4 aromatic rings. The molecule has 150 valence electrons. The van der Waals surface area contributed by atoms with Crippen LogP contribution in [0.1, 0.15) is 15.9 Å². The molecule has 0 aliphatic carbocycles. The van der Waals surface area contributed by atoms with Crippen molar-refractivity contribution in [3.05, 3.63) is 101 Å². The van der Waals surface area contributed by atoms with Gasteiger partial charge in [-0.1, -0.05) is 60.7 Å². The molecule has 0 aliphatic rings. The first-order valence-electron chi connectivity index (χ1n) is 9.20. The lowest BCUT2D eigenvalue weighted by atomic mass is 10.1. The number of amides is 1. The third-order valence-electron chi connectivity index (χ3n) is 4.44. The van der Waals surface area contributed by atoms with E-state index in [4.69, 9.17) is 0 Å². The minimum atomic E-state index is -3.48. The molecule has 30 heavy (non-hydrogen) atoms. The van der Waals surface area contributed by atoms with E-state index in [9.17, 15) is 13.2 Å². The molecule has 0 radical (unpaired) electrons. The maximum absolute atomic E-state index is 12.7. The molecule has 5 nitrogen and oxygen atoms in total. The molecule has 0 atom stereocenters. The van der Waals surface area contributed by atoms with Crippen LogP contribution in [0.15, 0.2) is 95.2 Å². The molecule has 1 aromatic heterocycles. The summed E-state index contributed by atoms with van der Waals surface area (Å²) in [5, 5.41) is 5.16. The van der Waals surface area contributed by atoms with Gasteiger partial charge in [0, 0.05) is 16.5 Å². The number of carbonyl (C=O) groups is 1. The second-order valence-electron chi connectivity index (χ2n) is 6.63. The molecule has 0 saturated heterocycles. The van der Waals surface area contributed by atoms with Crippen LogP contribution in [0.25, 0.3) is 11.3 Å². The maximum atomic E-state index is 12.7. The van der Waals surface area contributed by atoms with Gasteiger partial charge in [-0.05, 0) is 29.8 Å². The first-order valence-corrected chi connectivity index (χ1v) is 11.7. The van der Waals surface area contributed by atoms with Crippen molar-refractivity contribution in [2.24, 2.45) is 0 Å². The summed E-state index contributed by atoms with van der Waals surface area (Å²) in [5.74, 6) is -0.504. The van der Waals surface area contributed by atoms with Crippen molar-refractivity contribution < 1.29 is 13.2 Å². The van der Waals surface area contributed by atoms with Gasteiger partial charge >= 0.3 is 0 Å². The van der Waals surface area contributed by atoms with Crippen molar-refractivity contribution in [1.82, 2.24) is 4.98 Å². The quantitative estimate of drug-likeness (QED) is 0.461. The number of aromatic nitrogens is 1. The molecule has 1 N–H and O–H groups in total. The van der Waals surface area contributed by atoms with Gasteiger partial charge in [-0.15, -0.1) is 11.3 Å². The van der Waals surface area contributed by atoms with Crippen LogP contribution in [0.5, 0.6) is 0 Å². The Labute approximate surface area is 179 Å². The van der Waals surface area contributed by atoms with Crippen molar-refractivity contribution >= 4 is 32.2 Å². The predicted octanol–water partition coefficient (Wildman–Crippen LogP) is 5.04. The van der Waals surface area contributed by atoms with Crippen molar-refractivity contribution in [2.45, 2.75) is 10.6 Å². The third kappa shape index (κ3) is 4.64. The predicted molar refractivity (Wildman–Crippen MR) is 119 cm³/mol. The van der Waals surface area contributed by atoms with Crippen LogP contribution in [0.2, 0.25) is 0 Å². The largest absolute Gasteiger partial charge is 0.298 e. The lowest BCUT2D eigenvalue weighted by Gasteiger charge is -2.07. The highest BCUT2D eigenvalue weighted by molar-refractivity contribution is 7.90. The maximum Gasteiger partial charge on any atom is 0.257 e. The molecule has 0 unspecified atom stereocenters. The minimum Gasteiger partial charge on any atom is -0.298 e. The van der Waals surface area contributed by atoms with Crippen molar-refractivity contribution in [2.75, 3.05) is 5.32 Å². The molecule has 0 bridgehead atoms. The zero-order valence-corrected chi connectivity index (χ0v) is 17.5. The average molecular weight is 435 g/mol. The highest BCUT2D eigenvalue weighted by atomic mass is 32.2. The number of sulfone groups is 1. The Hall–Kier alpha value is -3.29. The highest BCUT2D eigenvalue weighted by Crippen LogP contribution is 2.25. The first-order chi connectivity index (χ1) is 14.5. The van der Waals surface area contributed by atoms with Crippen LogP contribution in [0.4, 0.5) is 5.13 Å². The second kappa shape index (κ2) is 8.61. The lowest BCUT2D eigenvalue weighted by molar-refractivity contribution is 0.102. The van der Waals surface area contributed by atoms with Gasteiger partial charge in [0.15, 0.2) is 15.0 Å². The fourth-order valence-electron chi connectivity index (χ4n) is 2.97. The summed E-state index contributed by atoms with van der Waals surface area (Å²) in [5.41, 5.74) is 2.70. The van der Waals surface area contributed by atoms with Gasteiger partial charge in [0.25, 0.3) is 5.91 Å². The molecule has 3 aromatic carbocycles. The Bertz CT molecular complexity index is 1270. The summed E-state index contributed by atoms with van der Waals surface area (Å²) in [6.45, 7) is 0. The van der Waals surface area contributed by atoms with Gasteiger partial charge in [-0.3, -0.25) is 10.1 Å². The van der Waals surface area contributed by atoms with Crippen molar-refractivity contribution in [3.63, 3.8) is 0 Å². The second-order valence-corrected chi connectivity index (χ2v) is 9.48. The van der Waals surface area contributed by atoms with E-state index in [0.29, 0.717) is 16.3 Å². The molecule has 1 amide bonds. The van der Waals surface area contributed by atoms with E-state index >= 15 is 0 Å². The summed E-state index contributed by atoms with van der Waals surface area (Å²) >= 11 is 1.34. The molecule has 0 fully saturated rings. The molecule has 0 spiro atoms. The van der Waals surface area contributed by atoms with E-state index in [1.54, 1.807) is 54.6 Å². The number of nitrogens with one attached hydrogen (secondary N) is 1. The molecule has 0 aliphatic heterocycles. The smallest absolute Gasteiger partial charge is 0.257 e. The summed E-state index contributed by atoms with van der Waals surface area (Å²) in [7, 11) is -3.48. The number of nitrogens with zero attached hydrogens (tertiary/aromatic N) is 1. The molecule has 7 heteroatoms.